The van der Waals surface area contributed by atoms with E-state index in [1.165, 1.54) is 5.56 Å². The molecule has 29 heavy (non-hydrogen) atoms. The zero-order valence-electron chi connectivity index (χ0n) is 16.4. The highest BCUT2D eigenvalue weighted by molar-refractivity contribution is 7.89. The van der Waals surface area contributed by atoms with E-state index in [0.29, 0.717) is 18.0 Å². The summed E-state index contributed by atoms with van der Waals surface area (Å²) in [6.07, 6.45) is 0.991. The Bertz CT molecular complexity index is 1030. The van der Waals surface area contributed by atoms with Crippen molar-refractivity contribution in [2.75, 3.05) is 32.7 Å². The fourth-order valence-corrected chi connectivity index (χ4v) is 5.45. The van der Waals surface area contributed by atoms with Crippen molar-refractivity contribution in [3.05, 3.63) is 90.5 Å². The maximum absolute atomic E-state index is 13.4. The molecular formula is C24H26N2O2S. The van der Waals surface area contributed by atoms with Crippen LogP contribution >= 0.6 is 0 Å². The first-order valence-electron chi connectivity index (χ1n) is 10.1. The molecule has 4 rings (SSSR count). The maximum Gasteiger partial charge on any atom is 0.243 e. The van der Waals surface area contributed by atoms with Crippen molar-refractivity contribution in [1.82, 2.24) is 9.21 Å². The van der Waals surface area contributed by atoms with Crippen molar-refractivity contribution in [2.45, 2.75) is 11.3 Å². The maximum atomic E-state index is 13.4. The fraction of sp³-hybridized carbons (Fsp3) is 0.250. The lowest BCUT2D eigenvalue weighted by atomic mass is 10.1. The van der Waals surface area contributed by atoms with Crippen LogP contribution in [0.5, 0.6) is 0 Å². The summed E-state index contributed by atoms with van der Waals surface area (Å²) >= 11 is 0. The Labute approximate surface area is 173 Å². The van der Waals surface area contributed by atoms with Gasteiger partial charge in [-0.2, -0.15) is 4.31 Å². The minimum atomic E-state index is -3.52. The van der Waals surface area contributed by atoms with Crippen LogP contribution in [-0.2, 0) is 16.4 Å². The van der Waals surface area contributed by atoms with Crippen molar-refractivity contribution in [3.8, 4) is 11.1 Å². The van der Waals surface area contributed by atoms with Gasteiger partial charge in [-0.05, 0) is 23.6 Å². The van der Waals surface area contributed by atoms with Crippen LogP contribution < -0.4 is 0 Å². The summed E-state index contributed by atoms with van der Waals surface area (Å²) in [4.78, 5) is 2.74. The van der Waals surface area contributed by atoms with E-state index < -0.39 is 10.0 Å². The van der Waals surface area contributed by atoms with Crippen LogP contribution in [-0.4, -0.2) is 50.3 Å². The van der Waals surface area contributed by atoms with Crippen LogP contribution in [0.1, 0.15) is 5.56 Å². The number of hydrogen-bond donors (Lipinski definition) is 0. The standard InChI is InChI=1S/C24H26N2O2S/c27-29(28,24-14-8-7-13-23(24)22-11-5-2-6-12-22)26-19-17-25(18-20-26)16-15-21-9-3-1-4-10-21/h1-14H,15-20H2. The normalized spacial score (nSPS) is 16.0. The quantitative estimate of drug-likeness (QED) is 0.623. The molecule has 1 aliphatic heterocycles. The summed E-state index contributed by atoms with van der Waals surface area (Å²) in [6.45, 7) is 3.54. The molecule has 0 N–H and O–H groups in total. The molecule has 0 saturated carbocycles. The molecule has 1 aliphatic rings. The van der Waals surface area contributed by atoms with Gasteiger partial charge in [0.05, 0.1) is 4.90 Å². The van der Waals surface area contributed by atoms with Gasteiger partial charge in [0, 0.05) is 38.3 Å². The predicted molar refractivity (Wildman–Crippen MR) is 117 cm³/mol. The second-order valence-electron chi connectivity index (χ2n) is 7.34. The molecular weight excluding hydrogens is 380 g/mol. The lowest BCUT2D eigenvalue weighted by Crippen LogP contribution is -2.49. The number of piperazine rings is 1. The predicted octanol–water partition coefficient (Wildman–Crippen LogP) is 3.90. The molecule has 0 radical (unpaired) electrons. The molecule has 5 heteroatoms. The zero-order valence-corrected chi connectivity index (χ0v) is 17.3. The smallest absolute Gasteiger partial charge is 0.243 e. The van der Waals surface area contributed by atoms with Crippen molar-refractivity contribution < 1.29 is 8.42 Å². The first-order chi connectivity index (χ1) is 14.1. The van der Waals surface area contributed by atoms with E-state index in [9.17, 15) is 8.42 Å². The van der Waals surface area contributed by atoms with Gasteiger partial charge in [-0.25, -0.2) is 8.42 Å². The van der Waals surface area contributed by atoms with Crippen LogP contribution in [0.4, 0.5) is 0 Å². The number of rotatable bonds is 6. The first kappa shape index (κ1) is 19.8. The molecule has 0 atom stereocenters. The van der Waals surface area contributed by atoms with Gasteiger partial charge in [0.1, 0.15) is 0 Å². The van der Waals surface area contributed by atoms with Gasteiger partial charge < -0.3 is 4.90 Å². The highest BCUT2D eigenvalue weighted by Gasteiger charge is 2.30. The Balaban J connectivity index is 1.45. The highest BCUT2D eigenvalue weighted by Crippen LogP contribution is 2.29. The van der Waals surface area contributed by atoms with E-state index in [0.717, 1.165) is 37.2 Å². The van der Waals surface area contributed by atoms with Crippen molar-refractivity contribution in [3.63, 3.8) is 0 Å². The van der Waals surface area contributed by atoms with Crippen molar-refractivity contribution >= 4 is 10.0 Å². The Morgan fingerprint density at radius 2 is 1.28 bits per heavy atom. The van der Waals surface area contributed by atoms with E-state index in [1.807, 2.05) is 48.5 Å². The summed E-state index contributed by atoms with van der Waals surface area (Å²) in [7, 11) is -3.52. The molecule has 1 heterocycles. The minimum Gasteiger partial charge on any atom is -0.300 e. The summed E-state index contributed by atoms with van der Waals surface area (Å²) in [6, 6.07) is 27.4. The van der Waals surface area contributed by atoms with E-state index in [4.69, 9.17) is 0 Å². The van der Waals surface area contributed by atoms with Gasteiger partial charge in [-0.1, -0.05) is 78.9 Å². The average molecular weight is 407 g/mol. The highest BCUT2D eigenvalue weighted by atomic mass is 32.2. The SMILES string of the molecule is O=S(=O)(c1ccccc1-c1ccccc1)N1CCN(CCc2ccccc2)CC1. The molecule has 1 fully saturated rings. The molecule has 0 unspecified atom stereocenters. The second kappa shape index (κ2) is 8.91. The van der Waals surface area contributed by atoms with Gasteiger partial charge in [0.15, 0.2) is 0 Å². The molecule has 0 amide bonds. The lowest BCUT2D eigenvalue weighted by Gasteiger charge is -2.34. The van der Waals surface area contributed by atoms with Crippen LogP contribution in [0.3, 0.4) is 0 Å². The third-order valence-corrected chi connectivity index (χ3v) is 7.44. The molecule has 0 bridgehead atoms. The summed E-state index contributed by atoms with van der Waals surface area (Å²) in [5, 5.41) is 0. The van der Waals surface area contributed by atoms with Gasteiger partial charge in [-0.3, -0.25) is 0 Å². The number of nitrogens with zero attached hydrogens (tertiary/aromatic N) is 2. The third-order valence-electron chi connectivity index (χ3n) is 5.48. The molecule has 1 saturated heterocycles. The lowest BCUT2D eigenvalue weighted by molar-refractivity contribution is 0.190. The summed E-state index contributed by atoms with van der Waals surface area (Å²) in [5.74, 6) is 0. The Morgan fingerprint density at radius 3 is 1.97 bits per heavy atom. The van der Waals surface area contributed by atoms with Gasteiger partial charge >= 0.3 is 0 Å². The average Bonchev–Trinajstić information content (AvgIpc) is 2.79. The molecule has 0 aromatic heterocycles. The monoisotopic (exact) mass is 406 g/mol. The molecule has 0 spiro atoms. The van der Waals surface area contributed by atoms with Gasteiger partial charge in [0.2, 0.25) is 10.0 Å². The number of hydrogen-bond acceptors (Lipinski definition) is 3. The molecule has 3 aromatic rings. The Morgan fingerprint density at radius 1 is 0.690 bits per heavy atom. The van der Waals surface area contributed by atoms with Gasteiger partial charge in [0.25, 0.3) is 0 Å². The third kappa shape index (κ3) is 4.58. The van der Waals surface area contributed by atoms with Crippen LogP contribution in [0.15, 0.2) is 89.8 Å². The Hall–Kier alpha value is -2.47. The van der Waals surface area contributed by atoms with E-state index in [2.05, 4.69) is 29.2 Å². The van der Waals surface area contributed by atoms with Crippen LogP contribution in [0, 0.1) is 0 Å². The first-order valence-corrected chi connectivity index (χ1v) is 11.5. The van der Waals surface area contributed by atoms with E-state index in [1.54, 1.807) is 16.4 Å². The minimum absolute atomic E-state index is 0.393. The number of benzene rings is 3. The molecule has 0 aliphatic carbocycles. The number of sulfonamides is 1. The van der Waals surface area contributed by atoms with Crippen molar-refractivity contribution in [1.29, 1.82) is 0 Å². The van der Waals surface area contributed by atoms with E-state index >= 15 is 0 Å². The van der Waals surface area contributed by atoms with Crippen molar-refractivity contribution in [2.24, 2.45) is 0 Å². The van der Waals surface area contributed by atoms with E-state index in [-0.39, 0.29) is 0 Å². The zero-order chi connectivity index (χ0) is 20.1. The summed E-state index contributed by atoms with van der Waals surface area (Å²) < 4.78 is 28.4. The molecule has 3 aromatic carbocycles. The largest absolute Gasteiger partial charge is 0.300 e. The molecule has 150 valence electrons. The topological polar surface area (TPSA) is 40.6 Å². The van der Waals surface area contributed by atoms with Crippen LogP contribution in [0.25, 0.3) is 11.1 Å². The Kier molecular flexibility index (Phi) is 6.09. The van der Waals surface area contributed by atoms with Crippen LogP contribution in [0.2, 0.25) is 0 Å². The second-order valence-corrected chi connectivity index (χ2v) is 9.25. The molecule has 4 nitrogen and oxygen atoms in total. The van der Waals surface area contributed by atoms with Gasteiger partial charge in [-0.15, -0.1) is 0 Å². The fourth-order valence-electron chi connectivity index (χ4n) is 3.81. The summed E-state index contributed by atoms with van der Waals surface area (Å²) in [5.41, 5.74) is 3.01.